The van der Waals surface area contributed by atoms with Crippen LogP contribution in [0.2, 0.25) is 0 Å². The zero-order valence-electron chi connectivity index (χ0n) is 11.5. The first-order valence-corrected chi connectivity index (χ1v) is 6.06. The third kappa shape index (κ3) is 3.78. The number of hydrogen-bond donors (Lipinski definition) is 4. The molecule has 0 bridgehead atoms. The molecule has 1 unspecified atom stereocenters. The molecule has 0 aromatic heterocycles. The third-order valence-electron chi connectivity index (χ3n) is 2.99. The highest BCUT2D eigenvalue weighted by Crippen LogP contribution is 2.20. The zero-order chi connectivity index (χ0) is 16.9. The lowest BCUT2D eigenvalue weighted by Gasteiger charge is -2.30. The van der Waals surface area contributed by atoms with E-state index in [1.807, 2.05) is 5.32 Å². The van der Waals surface area contributed by atoms with Gasteiger partial charge >= 0.3 is 0 Å². The minimum Gasteiger partial charge on any atom is -0.381 e. The van der Waals surface area contributed by atoms with E-state index in [0.717, 1.165) is 5.48 Å². The number of carbonyl (C=O) groups excluding carboxylic acids is 2. The standard InChI is InChI=1S/C14H14F2N2O4/c1-3-8-4-6-9(7-5-8)11(19)17-10(12(20)18-22)14(2,21)13(15)16/h1,4-7,10,13,21-22H,2H3,(H,17,19)(H,18,20)/t10-,14?/m1/s1. The molecule has 0 radical (unpaired) electrons. The molecule has 2 atom stereocenters. The second-order valence-corrected chi connectivity index (χ2v) is 4.63. The Morgan fingerprint density at radius 2 is 1.86 bits per heavy atom. The average Bonchev–Trinajstić information content (AvgIpc) is 2.51. The smallest absolute Gasteiger partial charge is 0.269 e. The van der Waals surface area contributed by atoms with Crippen LogP contribution in [-0.2, 0) is 4.79 Å². The van der Waals surface area contributed by atoms with Gasteiger partial charge in [-0.3, -0.25) is 14.8 Å². The van der Waals surface area contributed by atoms with Gasteiger partial charge in [-0.05, 0) is 31.2 Å². The van der Waals surface area contributed by atoms with E-state index in [4.69, 9.17) is 11.6 Å². The number of nitrogens with one attached hydrogen (secondary N) is 2. The number of hydroxylamine groups is 1. The van der Waals surface area contributed by atoms with Gasteiger partial charge in [-0.2, -0.15) is 0 Å². The molecular weight excluding hydrogens is 298 g/mol. The van der Waals surface area contributed by atoms with Crippen molar-refractivity contribution in [2.24, 2.45) is 0 Å². The maximum Gasteiger partial charge on any atom is 0.269 e. The lowest BCUT2D eigenvalue weighted by Crippen LogP contribution is -2.61. The second kappa shape index (κ2) is 6.98. The van der Waals surface area contributed by atoms with Crippen LogP contribution in [0.1, 0.15) is 22.8 Å². The third-order valence-corrected chi connectivity index (χ3v) is 2.99. The number of rotatable bonds is 5. The van der Waals surface area contributed by atoms with Crippen LogP contribution in [0.3, 0.4) is 0 Å². The summed E-state index contributed by atoms with van der Waals surface area (Å²) >= 11 is 0. The highest BCUT2D eigenvalue weighted by molar-refractivity contribution is 5.97. The Labute approximate surface area is 125 Å². The summed E-state index contributed by atoms with van der Waals surface area (Å²) in [4.78, 5) is 23.4. The van der Waals surface area contributed by atoms with E-state index < -0.39 is 29.9 Å². The number of amides is 2. The maximum absolute atomic E-state index is 12.8. The van der Waals surface area contributed by atoms with Gasteiger partial charge in [-0.25, -0.2) is 14.3 Å². The van der Waals surface area contributed by atoms with Crippen molar-refractivity contribution in [1.82, 2.24) is 10.8 Å². The number of aliphatic hydroxyl groups is 1. The van der Waals surface area contributed by atoms with Crippen molar-refractivity contribution in [2.75, 3.05) is 0 Å². The molecule has 2 amide bonds. The van der Waals surface area contributed by atoms with E-state index in [1.54, 1.807) is 0 Å². The first kappa shape index (κ1) is 17.6. The average molecular weight is 312 g/mol. The normalized spacial score (nSPS) is 14.6. The molecule has 0 aliphatic rings. The maximum atomic E-state index is 12.8. The Balaban J connectivity index is 3.01. The minimum absolute atomic E-state index is 0.0415. The highest BCUT2D eigenvalue weighted by Gasteiger charge is 2.46. The van der Waals surface area contributed by atoms with Gasteiger partial charge in [-0.15, -0.1) is 6.42 Å². The molecule has 1 aromatic carbocycles. The monoisotopic (exact) mass is 312 g/mol. The van der Waals surface area contributed by atoms with E-state index >= 15 is 0 Å². The molecule has 0 heterocycles. The second-order valence-electron chi connectivity index (χ2n) is 4.63. The van der Waals surface area contributed by atoms with Gasteiger partial charge in [0.2, 0.25) is 0 Å². The van der Waals surface area contributed by atoms with Crippen molar-refractivity contribution in [1.29, 1.82) is 0 Å². The van der Waals surface area contributed by atoms with Crippen LogP contribution in [0, 0.1) is 12.3 Å². The molecule has 6 nitrogen and oxygen atoms in total. The topological polar surface area (TPSA) is 98.7 Å². The fourth-order valence-electron chi connectivity index (χ4n) is 1.60. The number of terminal acetylenes is 1. The quantitative estimate of drug-likeness (QED) is 0.357. The highest BCUT2D eigenvalue weighted by atomic mass is 19.3. The van der Waals surface area contributed by atoms with Crippen molar-refractivity contribution in [3.8, 4) is 12.3 Å². The Kier molecular flexibility index (Phi) is 5.56. The lowest BCUT2D eigenvalue weighted by atomic mass is 9.95. The van der Waals surface area contributed by atoms with E-state index in [1.165, 1.54) is 24.3 Å². The molecule has 4 N–H and O–H groups in total. The van der Waals surface area contributed by atoms with Gasteiger partial charge in [0.15, 0.2) is 5.60 Å². The van der Waals surface area contributed by atoms with Gasteiger partial charge in [-0.1, -0.05) is 5.92 Å². The first-order chi connectivity index (χ1) is 10.2. The summed E-state index contributed by atoms with van der Waals surface area (Å²) in [6.45, 7) is 0.666. The molecule has 0 aliphatic carbocycles. The number of halogens is 2. The Bertz CT molecular complexity index is 594. The fourth-order valence-corrected chi connectivity index (χ4v) is 1.60. The van der Waals surface area contributed by atoms with E-state index in [0.29, 0.717) is 12.5 Å². The molecule has 0 fully saturated rings. The molecule has 0 saturated heterocycles. The van der Waals surface area contributed by atoms with Gasteiger partial charge in [0.1, 0.15) is 6.04 Å². The van der Waals surface area contributed by atoms with Crippen LogP contribution < -0.4 is 10.8 Å². The van der Waals surface area contributed by atoms with Gasteiger partial charge in [0.05, 0.1) is 0 Å². The first-order valence-electron chi connectivity index (χ1n) is 6.06. The summed E-state index contributed by atoms with van der Waals surface area (Å²) in [6, 6.07) is 3.49. The van der Waals surface area contributed by atoms with Gasteiger partial charge in [0, 0.05) is 11.1 Å². The molecule has 0 spiro atoms. The largest absolute Gasteiger partial charge is 0.381 e. The van der Waals surface area contributed by atoms with E-state index in [9.17, 15) is 23.5 Å². The van der Waals surface area contributed by atoms with Crippen LogP contribution in [0.5, 0.6) is 0 Å². The molecule has 118 valence electrons. The predicted molar refractivity (Wildman–Crippen MR) is 72.2 cm³/mol. The summed E-state index contributed by atoms with van der Waals surface area (Å²) < 4.78 is 25.7. The summed E-state index contributed by atoms with van der Waals surface area (Å²) in [5.74, 6) is 0.0657. The summed E-state index contributed by atoms with van der Waals surface area (Å²) in [5.41, 5.74) is -1.20. The Hall–Kier alpha value is -2.50. The summed E-state index contributed by atoms with van der Waals surface area (Å²) in [7, 11) is 0. The van der Waals surface area contributed by atoms with Crippen LogP contribution in [0.4, 0.5) is 8.78 Å². The molecule has 1 rings (SSSR count). The molecule has 0 saturated carbocycles. The van der Waals surface area contributed by atoms with Crippen LogP contribution in [0.15, 0.2) is 24.3 Å². The number of benzene rings is 1. The number of alkyl halides is 2. The predicted octanol–water partition coefficient (Wildman–Crippen LogP) is 0.288. The lowest BCUT2D eigenvalue weighted by molar-refractivity contribution is -0.149. The minimum atomic E-state index is -3.33. The summed E-state index contributed by atoms with van der Waals surface area (Å²) in [6.07, 6.45) is 1.82. The Morgan fingerprint density at radius 3 is 2.27 bits per heavy atom. The molecule has 22 heavy (non-hydrogen) atoms. The van der Waals surface area contributed by atoms with Crippen molar-refractivity contribution >= 4 is 11.8 Å². The van der Waals surface area contributed by atoms with Crippen LogP contribution in [0.25, 0.3) is 0 Å². The summed E-state index contributed by atoms with van der Waals surface area (Å²) in [5, 5.41) is 20.2. The van der Waals surface area contributed by atoms with Crippen molar-refractivity contribution in [3.05, 3.63) is 35.4 Å². The fraction of sp³-hybridized carbons (Fsp3) is 0.286. The van der Waals surface area contributed by atoms with Crippen molar-refractivity contribution in [2.45, 2.75) is 25.0 Å². The molecule has 8 heteroatoms. The van der Waals surface area contributed by atoms with E-state index in [-0.39, 0.29) is 5.56 Å². The van der Waals surface area contributed by atoms with Gasteiger partial charge in [0.25, 0.3) is 18.2 Å². The van der Waals surface area contributed by atoms with Gasteiger partial charge < -0.3 is 10.4 Å². The van der Waals surface area contributed by atoms with E-state index in [2.05, 4.69) is 5.92 Å². The Morgan fingerprint density at radius 1 is 1.32 bits per heavy atom. The van der Waals surface area contributed by atoms with Crippen LogP contribution in [-0.4, -0.2) is 40.2 Å². The molecular formula is C14H14F2N2O4. The number of hydrogen-bond acceptors (Lipinski definition) is 4. The number of carbonyl (C=O) groups is 2. The van der Waals surface area contributed by atoms with Crippen LogP contribution >= 0.6 is 0 Å². The van der Waals surface area contributed by atoms with Crippen molar-refractivity contribution in [3.63, 3.8) is 0 Å². The SMILES string of the molecule is C#Cc1ccc(C(=O)N[C@H](C(=O)NO)C(C)(O)C(F)F)cc1. The van der Waals surface area contributed by atoms with Crippen molar-refractivity contribution < 1.29 is 28.7 Å². The zero-order valence-corrected chi connectivity index (χ0v) is 11.5. The molecule has 1 aromatic rings. The molecule has 0 aliphatic heterocycles.